The van der Waals surface area contributed by atoms with Gasteiger partial charge in [0, 0.05) is 23.2 Å². The van der Waals surface area contributed by atoms with E-state index in [4.69, 9.17) is 0 Å². The minimum atomic E-state index is -0.820. The molecule has 34 heavy (non-hydrogen) atoms. The standard InChI is InChI=1S/C26H30N4O4/c1-16(27-25(32)20-5-4-6-21(12-20)30(33)34)24(31)28-22-7-2-3-8-23(22)29-26-13-17-9-18(14-26)11-19(10-17)15-26/h2-8,12,16-19,29H,9-11,13-15H2,1H3,(H,27,32)(H,28,31)/t16-,17?,18?,19?,26?/m0/s1. The fourth-order valence-electron chi connectivity index (χ4n) is 6.60. The zero-order valence-corrected chi connectivity index (χ0v) is 19.3. The first-order valence-electron chi connectivity index (χ1n) is 12.0. The summed E-state index contributed by atoms with van der Waals surface area (Å²) in [5, 5.41) is 20.4. The number of para-hydroxylation sites is 2. The van der Waals surface area contributed by atoms with Crippen LogP contribution < -0.4 is 16.0 Å². The molecular weight excluding hydrogens is 432 g/mol. The lowest BCUT2D eigenvalue weighted by atomic mass is 9.53. The molecule has 4 saturated carbocycles. The van der Waals surface area contributed by atoms with Crippen molar-refractivity contribution in [3.63, 3.8) is 0 Å². The molecule has 4 fully saturated rings. The number of amides is 2. The summed E-state index contributed by atoms with van der Waals surface area (Å²) < 4.78 is 0. The molecule has 0 spiro atoms. The van der Waals surface area contributed by atoms with Crippen molar-refractivity contribution in [2.24, 2.45) is 17.8 Å². The van der Waals surface area contributed by atoms with Gasteiger partial charge >= 0.3 is 0 Å². The Hall–Kier alpha value is -3.42. The number of carbonyl (C=O) groups is 2. The number of nitro groups is 1. The van der Waals surface area contributed by atoms with Gasteiger partial charge in [-0.25, -0.2) is 0 Å². The van der Waals surface area contributed by atoms with Crippen LogP contribution in [0.2, 0.25) is 0 Å². The Morgan fingerprint density at radius 3 is 2.21 bits per heavy atom. The summed E-state index contributed by atoms with van der Waals surface area (Å²) in [4.78, 5) is 35.9. The fourth-order valence-corrected chi connectivity index (χ4v) is 6.60. The minimum Gasteiger partial charge on any atom is -0.378 e. The number of non-ortho nitro benzene ring substituents is 1. The Balaban J connectivity index is 1.25. The Kier molecular flexibility index (Phi) is 5.75. The van der Waals surface area contributed by atoms with Crippen molar-refractivity contribution in [2.45, 2.75) is 57.0 Å². The smallest absolute Gasteiger partial charge is 0.270 e. The summed E-state index contributed by atoms with van der Waals surface area (Å²) >= 11 is 0. The highest BCUT2D eigenvalue weighted by molar-refractivity contribution is 6.02. The lowest BCUT2D eigenvalue weighted by molar-refractivity contribution is -0.384. The number of hydrogen-bond acceptors (Lipinski definition) is 5. The predicted octanol–water partition coefficient (Wildman–Crippen LogP) is 4.73. The van der Waals surface area contributed by atoms with Crippen molar-refractivity contribution in [2.75, 3.05) is 10.6 Å². The van der Waals surface area contributed by atoms with Gasteiger partial charge in [-0.3, -0.25) is 19.7 Å². The summed E-state index contributed by atoms with van der Waals surface area (Å²) in [5.41, 5.74) is 1.68. The number of nitrogens with one attached hydrogen (secondary N) is 3. The van der Waals surface area contributed by atoms with Crippen LogP contribution in [0.25, 0.3) is 0 Å². The van der Waals surface area contributed by atoms with Crippen LogP contribution >= 0.6 is 0 Å². The first-order valence-corrected chi connectivity index (χ1v) is 12.0. The maximum atomic E-state index is 12.9. The summed E-state index contributed by atoms with van der Waals surface area (Å²) in [5.74, 6) is 1.54. The van der Waals surface area contributed by atoms with Crippen molar-refractivity contribution >= 4 is 28.9 Å². The highest BCUT2D eigenvalue weighted by Gasteiger charge is 2.51. The quantitative estimate of drug-likeness (QED) is 0.407. The average Bonchev–Trinajstić information content (AvgIpc) is 2.79. The zero-order valence-electron chi connectivity index (χ0n) is 19.3. The molecule has 4 bridgehead atoms. The van der Waals surface area contributed by atoms with Crippen molar-refractivity contribution in [3.8, 4) is 0 Å². The maximum absolute atomic E-state index is 12.9. The lowest BCUT2D eigenvalue weighted by Crippen LogP contribution is -2.54. The van der Waals surface area contributed by atoms with Gasteiger partial charge in [-0.05, 0) is 81.4 Å². The van der Waals surface area contributed by atoms with Gasteiger partial charge in [0.15, 0.2) is 0 Å². The van der Waals surface area contributed by atoms with E-state index in [2.05, 4.69) is 16.0 Å². The Bertz CT molecular complexity index is 1100. The Morgan fingerprint density at radius 2 is 1.59 bits per heavy atom. The van der Waals surface area contributed by atoms with E-state index in [0.717, 1.165) is 23.4 Å². The van der Waals surface area contributed by atoms with Crippen LogP contribution in [0.4, 0.5) is 17.1 Å². The number of nitrogens with zero attached hydrogens (tertiary/aromatic N) is 1. The largest absolute Gasteiger partial charge is 0.378 e. The molecule has 0 unspecified atom stereocenters. The summed E-state index contributed by atoms with van der Waals surface area (Å²) in [7, 11) is 0. The number of nitro benzene ring substituents is 1. The van der Waals surface area contributed by atoms with E-state index in [9.17, 15) is 19.7 Å². The molecule has 4 aliphatic rings. The molecule has 0 aliphatic heterocycles. The average molecular weight is 463 g/mol. The molecule has 0 saturated heterocycles. The molecule has 3 N–H and O–H groups in total. The van der Waals surface area contributed by atoms with Gasteiger partial charge < -0.3 is 16.0 Å². The predicted molar refractivity (Wildman–Crippen MR) is 130 cm³/mol. The molecule has 0 radical (unpaired) electrons. The second-order valence-corrected chi connectivity index (χ2v) is 10.4. The minimum absolute atomic E-state index is 0.109. The van der Waals surface area contributed by atoms with Crippen LogP contribution in [0.1, 0.15) is 55.8 Å². The number of anilines is 2. The molecule has 2 aromatic rings. The Morgan fingerprint density at radius 1 is 0.971 bits per heavy atom. The van der Waals surface area contributed by atoms with Crippen molar-refractivity contribution in [3.05, 3.63) is 64.2 Å². The lowest BCUT2D eigenvalue weighted by Gasteiger charge is -2.57. The van der Waals surface area contributed by atoms with E-state index < -0.39 is 16.9 Å². The number of benzene rings is 2. The topological polar surface area (TPSA) is 113 Å². The number of hydrogen-bond donors (Lipinski definition) is 3. The number of carbonyl (C=O) groups excluding carboxylic acids is 2. The molecule has 1 atom stereocenters. The second kappa shape index (κ2) is 8.74. The molecule has 2 amide bonds. The van der Waals surface area contributed by atoms with E-state index in [1.54, 1.807) is 6.92 Å². The van der Waals surface area contributed by atoms with Crippen molar-refractivity contribution < 1.29 is 14.5 Å². The molecule has 8 nitrogen and oxygen atoms in total. The third kappa shape index (κ3) is 4.49. The van der Waals surface area contributed by atoms with E-state index in [1.165, 1.54) is 62.8 Å². The third-order valence-electron chi connectivity index (χ3n) is 7.68. The van der Waals surface area contributed by atoms with Gasteiger partial charge in [-0.1, -0.05) is 18.2 Å². The molecular formula is C26H30N4O4. The summed E-state index contributed by atoms with van der Waals surface area (Å²) in [6, 6.07) is 12.3. The van der Waals surface area contributed by atoms with E-state index in [1.807, 2.05) is 24.3 Å². The van der Waals surface area contributed by atoms with Gasteiger partial charge in [0.2, 0.25) is 5.91 Å². The van der Waals surface area contributed by atoms with Crippen LogP contribution in [0.15, 0.2) is 48.5 Å². The highest BCUT2D eigenvalue weighted by atomic mass is 16.6. The fraction of sp³-hybridized carbons (Fsp3) is 0.462. The summed E-state index contributed by atoms with van der Waals surface area (Å²) in [6.45, 7) is 1.60. The van der Waals surface area contributed by atoms with Gasteiger partial charge in [0.1, 0.15) is 6.04 Å². The molecule has 0 heterocycles. The van der Waals surface area contributed by atoms with Gasteiger partial charge in [0.25, 0.3) is 11.6 Å². The van der Waals surface area contributed by atoms with Crippen LogP contribution in [-0.2, 0) is 4.79 Å². The van der Waals surface area contributed by atoms with Crippen LogP contribution in [0, 0.1) is 27.9 Å². The van der Waals surface area contributed by atoms with Crippen LogP contribution in [-0.4, -0.2) is 28.3 Å². The second-order valence-electron chi connectivity index (χ2n) is 10.4. The summed E-state index contributed by atoms with van der Waals surface area (Å²) in [6.07, 6.45) is 7.66. The van der Waals surface area contributed by atoms with Crippen molar-refractivity contribution in [1.82, 2.24) is 5.32 Å². The molecule has 0 aromatic heterocycles. The third-order valence-corrected chi connectivity index (χ3v) is 7.68. The molecule has 4 aliphatic carbocycles. The van der Waals surface area contributed by atoms with Gasteiger partial charge in [-0.15, -0.1) is 0 Å². The SMILES string of the molecule is C[C@H](NC(=O)c1cccc([N+](=O)[O-])c1)C(=O)Nc1ccccc1NC12CC3CC(CC(C3)C1)C2. The Labute approximate surface area is 198 Å². The normalized spacial score (nSPS) is 27.6. The zero-order chi connectivity index (χ0) is 23.9. The molecule has 6 rings (SSSR count). The highest BCUT2D eigenvalue weighted by Crippen LogP contribution is 2.56. The first-order chi connectivity index (χ1) is 16.3. The van der Waals surface area contributed by atoms with E-state index in [0.29, 0.717) is 5.69 Å². The van der Waals surface area contributed by atoms with Gasteiger partial charge in [0.05, 0.1) is 16.3 Å². The van der Waals surface area contributed by atoms with Gasteiger partial charge in [-0.2, -0.15) is 0 Å². The van der Waals surface area contributed by atoms with Crippen LogP contribution in [0.3, 0.4) is 0 Å². The number of rotatable bonds is 7. The van der Waals surface area contributed by atoms with Crippen LogP contribution in [0.5, 0.6) is 0 Å². The maximum Gasteiger partial charge on any atom is 0.270 e. The first kappa shape index (κ1) is 22.4. The van der Waals surface area contributed by atoms with E-state index >= 15 is 0 Å². The monoisotopic (exact) mass is 462 g/mol. The molecule has 178 valence electrons. The van der Waals surface area contributed by atoms with E-state index in [-0.39, 0.29) is 22.7 Å². The van der Waals surface area contributed by atoms with Crippen molar-refractivity contribution in [1.29, 1.82) is 0 Å². The molecule has 2 aromatic carbocycles. The molecule has 8 heteroatoms.